The second-order valence-electron chi connectivity index (χ2n) is 3.67. The summed E-state index contributed by atoms with van der Waals surface area (Å²) in [6.07, 6.45) is 2.91. The summed E-state index contributed by atoms with van der Waals surface area (Å²) < 4.78 is 0. The maximum Gasteiger partial charge on any atom is 0.0507 e. The number of piperidine rings is 1. The summed E-state index contributed by atoms with van der Waals surface area (Å²) in [5, 5.41) is 4.36. The molecule has 1 unspecified atom stereocenters. The van der Waals surface area contributed by atoms with E-state index in [0.29, 0.717) is 5.92 Å². The summed E-state index contributed by atoms with van der Waals surface area (Å²) in [6.45, 7) is 8.86. The summed E-state index contributed by atoms with van der Waals surface area (Å²) >= 11 is 0. The van der Waals surface area contributed by atoms with Crippen LogP contribution in [0.4, 0.5) is 0 Å². The number of hydrogen-bond donors (Lipinski definition) is 1. The molecule has 1 atom stereocenters. The van der Waals surface area contributed by atoms with Gasteiger partial charge in [0, 0.05) is 31.1 Å². The average molecular weight is 181 g/mol. The summed E-state index contributed by atoms with van der Waals surface area (Å²) in [6, 6.07) is 0. The lowest BCUT2D eigenvalue weighted by Crippen LogP contribution is -2.37. The van der Waals surface area contributed by atoms with Crippen molar-refractivity contribution in [1.29, 1.82) is 0 Å². The molecule has 0 aromatic carbocycles. The Hall–Kier alpha value is -0.830. The second kappa shape index (κ2) is 5.02. The predicted octanol–water partition coefficient (Wildman–Crippen LogP) is 1.09. The van der Waals surface area contributed by atoms with Crippen LogP contribution in [0.15, 0.2) is 17.8 Å². The summed E-state index contributed by atoms with van der Waals surface area (Å²) in [4.78, 5) is 2.34. The van der Waals surface area contributed by atoms with Crippen LogP contribution in [0, 0.1) is 5.92 Å². The highest BCUT2D eigenvalue weighted by atomic mass is 15.3. The topological polar surface area (TPSA) is 27.6 Å². The first-order valence-electron chi connectivity index (χ1n) is 4.82. The fraction of sp³-hybridized carbons (Fsp3) is 0.700. The first-order valence-corrected chi connectivity index (χ1v) is 4.82. The number of hydrazone groups is 1. The van der Waals surface area contributed by atoms with E-state index < -0.39 is 0 Å². The Morgan fingerprint density at radius 1 is 1.77 bits per heavy atom. The Bertz CT molecular complexity index is 198. The number of nitrogens with zero attached hydrogens (tertiary/aromatic N) is 2. The van der Waals surface area contributed by atoms with Crippen LogP contribution < -0.4 is 5.43 Å². The third-order valence-electron chi connectivity index (χ3n) is 2.36. The molecule has 0 bridgehead atoms. The van der Waals surface area contributed by atoms with Crippen molar-refractivity contribution in [2.24, 2.45) is 11.0 Å². The number of rotatable bonds is 3. The molecule has 0 spiro atoms. The van der Waals surface area contributed by atoms with E-state index >= 15 is 0 Å². The Morgan fingerprint density at radius 3 is 3.15 bits per heavy atom. The molecular weight excluding hydrogens is 162 g/mol. The van der Waals surface area contributed by atoms with Gasteiger partial charge in [0.2, 0.25) is 0 Å². The molecule has 1 fully saturated rings. The van der Waals surface area contributed by atoms with Gasteiger partial charge in [-0.15, -0.1) is 6.58 Å². The zero-order valence-corrected chi connectivity index (χ0v) is 8.58. The molecule has 1 N–H and O–H groups in total. The molecule has 3 heteroatoms. The van der Waals surface area contributed by atoms with Crippen molar-refractivity contribution in [3.8, 4) is 0 Å². The van der Waals surface area contributed by atoms with Crippen LogP contribution in [-0.4, -0.2) is 37.3 Å². The fourth-order valence-electron chi connectivity index (χ4n) is 1.59. The van der Waals surface area contributed by atoms with Crippen LogP contribution in [0.5, 0.6) is 0 Å². The van der Waals surface area contributed by atoms with Crippen molar-refractivity contribution in [3.05, 3.63) is 12.7 Å². The lowest BCUT2D eigenvalue weighted by Gasteiger charge is -2.28. The van der Waals surface area contributed by atoms with Gasteiger partial charge in [-0.25, -0.2) is 0 Å². The highest BCUT2D eigenvalue weighted by Crippen LogP contribution is 2.11. The molecule has 0 saturated carbocycles. The van der Waals surface area contributed by atoms with E-state index in [4.69, 9.17) is 0 Å². The van der Waals surface area contributed by atoms with Crippen LogP contribution in [0.25, 0.3) is 0 Å². The van der Waals surface area contributed by atoms with E-state index in [1.165, 1.54) is 5.71 Å². The molecule has 1 aliphatic heterocycles. The van der Waals surface area contributed by atoms with Crippen molar-refractivity contribution in [3.63, 3.8) is 0 Å². The quantitative estimate of drug-likeness (QED) is 0.401. The zero-order valence-electron chi connectivity index (χ0n) is 8.58. The molecule has 0 aromatic heterocycles. The molecule has 1 rings (SSSR count). The van der Waals surface area contributed by atoms with Gasteiger partial charge in [0.25, 0.3) is 0 Å². The van der Waals surface area contributed by atoms with Gasteiger partial charge < -0.3 is 10.3 Å². The first-order chi connectivity index (χ1) is 6.24. The molecule has 0 amide bonds. The Kier molecular flexibility index (Phi) is 3.96. The maximum atomic E-state index is 4.36. The smallest absolute Gasteiger partial charge is 0.0507 e. The largest absolute Gasteiger partial charge is 0.306 e. The molecule has 0 aliphatic carbocycles. The molecule has 74 valence electrons. The van der Waals surface area contributed by atoms with Gasteiger partial charge in [-0.1, -0.05) is 13.0 Å². The van der Waals surface area contributed by atoms with Crippen LogP contribution >= 0.6 is 0 Å². The lowest BCUT2D eigenvalue weighted by atomic mass is 9.98. The van der Waals surface area contributed by atoms with E-state index in [1.807, 2.05) is 6.08 Å². The molecule has 0 aromatic rings. The molecular formula is C10H19N3. The summed E-state index contributed by atoms with van der Waals surface area (Å²) in [5.41, 5.74) is 4.29. The van der Waals surface area contributed by atoms with Gasteiger partial charge >= 0.3 is 0 Å². The van der Waals surface area contributed by atoms with Crippen molar-refractivity contribution in [2.45, 2.75) is 13.3 Å². The Morgan fingerprint density at radius 2 is 2.54 bits per heavy atom. The number of likely N-dealkylation sites (tertiary alicyclic amines) is 1. The minimum Gasteiger partial charge on any atom is -0.306 e. The second-order valence-corrected chi connectivity index (χ2v) is 3.67. The minimum atomic E-state index is 0.580. The van der Waals surface area contributed by atoms with Gasteiger partial charge in [0.05, 0.1) is 6.54 Å². The fourth-order valence-corrected chi connectivity index (χ4v) is 1.59. The lowest BCUT2D eigenvalue weighted by molar-refractivity contribution is 0.298. The average Bonchev–Trinajstić information content (AvgIpc) is 2.09. The van der Waals surface area contributed by atoms with Crippen LogP contribution in [0.2, 0.25) is 0 Å². The Labute approximate surface area is 80.5 Å². The van der Waals surface area contributed by atoms with Crippen molar-refractivity contribution in [1.82, 2.24) is 10.3 Å². The van der Waals surface area contributed by atoms with Gasteiger partial charge in [0.1, 0.15) is 0 Å². The standard InChI is InChI=1S/C10H19N3/c1-4-6-11-12-10-5-7-13(3)8-9(10)2/h4,9,11H,1,5-8H2,2-3H3/b12-10+. The highest BCUT2D eigenvalue weighted by Gasteiger charge is 2.18. The molecule has 3 nitrogen and oxygen atoms in total. The normalized spacial score (nSPS) is 27.5. The predicted molar refractivity (Wildman–Crippen MR) is 56.9 cm³/mol. The van der Waals surface area contributed by atoms with E-state index in [-0.39, 0.29) is 0 Å². The highest BCUT2D eigenvalue weighted by molar-refractivity contribution is 5.87. The van der Waals surface area contributed by atoms with E-state index in [2.05, 4.69) is 36.0 Å². The van der Waals surface area contributed by atoms with Crippen LogP contribution in [-0.2, 0) is 0 Å². The van der Waals surface area contributed by atoms with E-state index in [1.54, 1.807) is 0 Å². The van der Waals surface area contributed by atoms with E-state index in [0.717, 1.165) is 26.1 Å². The first kappa shape index (κ1) is 10.3. The molecule has 13 heavy (non-hydrogen) atoms. The summed E-state index contributed by atoms with van der Waals surface area (Å²) in [5.74, 6) is 0.580. The minimum absolute atomic E-state index is 0.580. The summed E-state index contributed by atoms with van der Waals surface area (Å²) in [7, 11) is 2.16. The number of hydrogen-bond acceptors (Lipinski definition) is 3. The van der Waals surface area contributed by atoms with Gasteiger partial charge in [-0.2, -0.15) is 5.10 Å². The van der Waals surface area contributed by atoms with Crippen molar-refractivity contribution in [2.75, 3.05) is 26.7 Å². The van der Waals surface area contributed by atoms with Gasteiger partial charge in [-0.05, 0) is 7.05 Å². The molecule has 0 radical (unpaired) electrons. The van der Waals surface area contributed by atoms with Gasteiger partial charge in [-0.3, -0.25) is 0 Å². The van der Waals surface area contributed by atoms with Crippen LogP contribution in [0.1, 0.15) is 13.3 Å². The third-order valence-corrected chi connectivity index (χ3v) is 2.36. The van der Waals surface area contributed by atoms with E-state index in [9.17, 15) is 0 Å². The maximum absolute atomic E-state index is 4.36. The third kappa shape index (κ3) is 3.19. The molecule has 1 heterocycles. The van der Waals surface area contributed by atoms with Gasteiger partial charge in [0.15, 0.2) is 0 Å². The zero-order chi connectivity index (χ0) is 9.68. The monoisotopic (exact) mass is 181 g/mol. The Balaban J connectivity index is 2.40. The molecule has 1 aliphatic rings. The number of nitrogens with one attached hydrogen (secondary N) is 1. The molecule has 1 saturated heterocycles. The van der Waals surface area contributed by atoms with Crippen molar-refractivity contribution < 1.29 is 0 Å². The van der Waals surface area contributed by atoms with Crippen molar-refractivity contribution >= 4 is 5.71 Å². The SMILES string of the molecule is C=CCN/N=C1\CCN(C)CC1C. The van der Waals surface area contributed by atoms with Crippen LogP contribution in [0.3, 0.4) is 0 Å².